The van der Waals surface area contributed by atoms with Crippen molar-refractivity contribution in [3.8, 4) is 11.4 Å². The third kappa shape index (κ3) is 2.84. The Morgan fingerprint density at radius 2 is 2.00 bits per heavy atom. The van der Waals surface area contributed by atoms with Gasteiger partial charge in [-0.1, -0.05) is 0 Å². The number of aryl methyl sites for hydroxylation is 1. The molecule has 4 rings (SSSR count). The van der Waals surface area contributed by atoms with E-state index < -0.39 is 0 Å². The third-order valence-corrected chi connectivity index (χ3v) is 4.84. The molecular formula is C18H21N5O. The Morgan fingerprint density at radius 1 is 1.17 bits per heavy atom. The van der Waals surface area contributed by atoms with Crippen LogP contribution >= 0.6 is 0 Å². The molecule has 3 heterocycles. The molecule has 6 heteroatoms. The predicted molar refractivity (Wildman–Crippen MR) is 91.6 cm³/mol. The van der Waals surface area contributed by atoms with Crippen LogP contribution in [-0.4, -0.2) is 45.4 Å². The molecule has 2 aromatic heterocycles. The van der Waals surface area contributed by atoms with E-state index >= 15 is 0 Å². The average molecular weight is 323 g/mol. The standard InChI is InChI=1S/C18H21N5O/c1-23-11-13(5-6-16(23)24)20-18-14-3-2-4-15(14)21-17(22-18)12-7-9-19-10-8-12/h7-10,13H,2-6,11H2,1H3,(H,20,21,22)/t13-/m1/s1. The van der Waals surface area contributed by atoms with Gasteiger partial charge in [0.2, 0.25) is 5.91 Å². The zero-order valence-electron chi connectivity index (χ0n) is 13.8. The predicted octanol–water partition coefficient (Wildman–Crippen LogP) is 2.06. The largest absolute Gasteiger partial charge is 0.365 e. The van der Waals surface area contributed by atoms with Gasteiger partial charge in [-0.3, -0.25) is 9.78 Å². The molecule has 1 aliphatic heterocycles. The van der Waals surface area contributed by atoms with Gasteiger partial charge in [0.05, 0.1) is 0 Å². The van der Waals surface area contributed by atoms with Gasteiger partial charge >= 0.3 is 0 Å². The molecule has 0 unspecified atom stereocenters. The Morgan fingerprint density at radius 3 is 2.79 bits per heavy atom. The molecule has 124 valence electrons. The summed E-state index contributed by atoms with van der Waals surface area (Å²) in [6.07, 6.45) is 8.14. The lowest BCUT2D eigenvalue weighted by Crippen LogP contribution is -2.43. The van der Waals surface area contributed by atoms with E-state index in [4.69, 9.17) is 9.97 Å². The highest BCUT2D eigenvalue weighted by atomic mass is 16.2. The number of aromatic nitrogens is 3. The normalized spacial score (nSPS) is 20.1. The van der Waals surface area contributed by atoms with Crippen LogP contribution in [0.2, 0.25) is 0 Å². The van der Waals surface area contributed by atoms with Crippen LogP contribution in [0.3, 0.4) is 0 Å². The highest BCUT2D eigenvalue weighted by Crippen LogP contribution is 2.30. The van der Waals surface area contributed by atoms with Crippen molar-refractivity contribution in [2.75, 3.05) is 18.9 Å². The van der Waals surface area contributed by atoms with Crippen LogP contribution in [0.25, 0.3) is 11.4 Å². The van der Waals surface area contributed by atoms with E-state index in [1.54, 1.807) is 17.3 Å². The van der Waals surface area contributed by atoms with Gasteiger partial charge in [0.1, 0.15) is 5.82 Å². The SMILES string of the molecule is CN1C[C@H](Nc2nc(-c3ccncc3)nc3c2CCC3)CCC1=O. The Kier molecular flexibility index (Phi) is 3.88. The Bertz CT molecular complexity index is 762. The topological polar surface area (TPSA) is 71.0 Å². The van der Waals surface area contributed by atoms with Gasteiger partial charge in [0.15, 0.2) is 5.82 Å². The summed E-state index contributed by atoms with van der Waals surface area (Å²) in [5, 5.41) is 3.58. The van der Waals surface area contributed by atoms with Crippen LogP contribution in [-0.2, 0) is 17.6 Å². The molecule has 2 aromatic rings. The van der Waals surface area contributed by atoms with Crippen molar-refractivity contribution in [1.29, 1.82) is 0 Å². The fourth-order valence-electron chi connectivity index (χ4n) is 3.51. The molecule has 1 aliphatic carbocycles. The monoisotopic (exact) mass is 323 g/mol. The zero-order chi connectivity index (χ0) is 16.5. The Balaban J connectivity index is 1.65. The third-order valence-electron chi connectivity index (χ3n) is 4.84. The van der Waals surface area contributed by atoms with Crippen LogP contribution in [0.4, 0.5) is 5.82 Å². The van der Waals surface area contributed by atoms with Crippen LogP contribution in [0.15, 0.2) is 24.5 Å². The van der Waals surface area contributed by atoms with E-state index in [0.29, 0.717) is 6.42 Å². The van der Waals surface area contributed by atoms with E-state index in [-0.39, 0.29) is 11.9 Å². The van der Waals surface area contributed by atoms with Gasteiger partial charge in [0, 0.05) is 55.3 Å². The van der Waals surface area contributed by atoms with Crippen molar-refractivity contribution in [1.82, 2.24) is 19.9 Å². The molecule has 24 heavy (non-hydrogen) atoms. The molecule has 0 bridgehead atoms. The number of hydrogen-bond donors (Lipinski definition) is 1. The number of hydrogen-bond acceptors (Lipinski definition) is 5. The molecule has 1 atom stereocenters. The van der Waals surface area contributed by atoms with E-state index in [0.717, 1.165) is 55.1 Å². The first-order chi connectivity index (χ1) is 11.7. The minimum absolute atomic E-state index is 0.221. The first-order valence-corrected chi connectivity index (χ1v) is 8.51. The van der Waals surface area contributed by atoms with Gasteiger partial charge in [0.25, 0.3) is 0 Å². The molecule has 1 fully saturated rings. The number of anilines is 1. The molecule has 2 aliphatic rings. The maximum atomic E-state index is 11.7. The maximum Gasteiger partial charge on any atom is 0.222 e. The van der Waals surface area contributed by atoms with Gasteiger partial charge in [-0.25, -0.2) is 9.97 Å². The van der Waals surface area contributed by atoms with Crippen LogP contribution in [0, 0.1) is 0 Å². The molecule has 1 amide bonds. The van der Waals surface area contributed by atoms with Crippen LogP contribution in [0.1, 0.15) is 30.5 Å². The minimum atomic E-state index is 0.221. The highest BCUT2D eigenvalue weighted by Gasteiger charge is 2.26. The summed E-state index contributed by atoms with van der Waals surface area (Å²) in [7, 11) is 1.86. The molecule has 1 saturated heterocycles. The number of likely N-dealkylation sites (tertiary alicyclic amines) is 1. The summed E-state index contributed by atoms with van der Waals surface area (Å²) >= 11 is 0. The molecule has 0 radical (unpaired) electrons. The second kappa shape index (κ2) is 6.19. The molecule has 0 spiro atoms. The van der Waals surface area contributed by atoms with E-state index in [2.05, 4.69) is 10.3 Å². The fourth-order valence-corrected chi connectivity index (χ4v) is 3.51. The lowest BCUT2D eigenvalue weighted by Gasteiger charge is -2.31. The summed E-state index contributed by atoms with van der Waals surface area (Å²) < 4.78 is 0. The number of nitrogens with one attached hydrogen (secondary N) is 1. The number of nitrogens with zero attached hydrogens (tertiary/aromatic N) is 4. The van der Waals surface area contributed by atoms with Crippen molar-refractivity contribution in [2.24, 2.45) is 0 Å². The number of likely N-dealkylation sites (N-methyl/N-ethyl adjacent to an activating group) is 1. The lowest BCUT2D eigenvalue weighted by molar-refractivity contribution is -0.132. The molecule has 6 nitrogen and oxygen atoms in total. The minimum Gasteiger partial charge on any atom is -0.365 e. The van der Waals surface area contributed by atoms with Gasteiger partial charge in [-0.15, -0.1) is 0 Å². The number of piperidine rings is 1. The lowest BCUT2D eigenvalue weighted by atomic mass is 10.1. The average Bonchev–Trinajstić information content (AvgIpc) is 3.08. The van der Waals surface area contributed by atoms with E-state index in [9.17, 15) is 4.79 Å². The van der Waals surface area contributed by atoms with Crippen molar-refractivity contribution >= 4 is 11.7 Å². The first-order valence-electron chi connectivity index (χ1n) is 8.51. The highest BCUT2D eigenvalue weighted by molar-refractivity contribution is 5.77. The molecule has 1 N–H and O–H groups in total. The van der Waals surface area contributed by atoms with Gasteiger partial charge in [-0.05, 0) is 37.8 Å². The second-order valence-corrected chi connectivity index (χ2v) is 6.56. The number of amides is 1. The molecular weight excluding hydrogens is 302 g/mol. The van der Waals surface area contributed by atoms with Crippen molar-refractivity contribution < 1.29 is 4.79 Å². The quantitative estimate of drug-likeness (QED) is 0.936. The molecule has 0 aromatic carbocycles. The number of carbonyl (C=O) groups is 1. The van der Waals surface area contributed by atoms with E-state index in [1.807, 2.05) is 19.2 Å². The summed E-state index contributed by atoms with van der Waals surface area (Å²) in [6, 6.07) is 4.12. The van der Waals surface area contributed by atoms with E-state index in [1.165, 1.54) is 5.56 Å². The number of pyridine rings is 1. The second-order valence-electron chi connectivity index (χ2n) is 6.56. The smallest absolute Gasteiger partial charge is 0.222 e. The van der Waals surface area contributed by atoms with Gasteiger partial charge in [-0.2, -0.15) is 0 Å². The van der Waals surface area contributed by atoms with Gasteiger partial charge < -0.3 is 10.2 Å². The van der Waals surface area contributed by atoms with Crippen molar-refractivity contribution in [2.45, 2.75) is 38.1 Å². The maximum absolute atomic E-state index is 11.7. The Labute approximate surface area is 141 Å². The molecule has 0 saturated carbocycles. The van der Waals surface area contributed by atoms with Crippen molar-refractivity contribution in [3.05, 3.63) is 35.8 Å². The number of fused-ring (bicyclic) bond motifs is 1. The summed E-state index contributed by atoms with van der Waals surface area (Å²) in [5.74, 6) is 1.91. The van der Waals surface area contributed by atoms with Crippen molar-refractivity contribution in [3.63, 3.8) is 0 Å². The zero-order valence-corrected chi connectivity index (χ0v) is 13.8. The summed E-state index contributed by atoms with van der Waals surface area (Å²) in [6.45, 7) is 0.724. The number of rotatable bonds is 3. The van der Waals surface area contributed by atoms with Crippen LogP contribution in [0.5, 0.6) is 0 Å². The Hall–Kier alpha value is -2.50. The fraction of sp³-hybridized carbons (Fsp3) is 0.444. The van der Waals surface area contributed by atoms with Crippen LogP contribution < -0.4 is 5.32 Å². The summed E-state index contributed by atoms with van der Waals surface area (Å²) in [5.41, 5.74) is 3.38. The summed E-state index contributed by atoms with van der Waals surface area (Å²) in [4.78, 5) is 27.1. The first kappa shape index (κ1) is 15.1. The number of carbonyl (C=O) groups excluding carboxylic acids is 1.